The fourth-order valence-electron chi connectivity index (χ4n) is 7.16. The summed E-state index contributed by atoms with van der Waals surface area (Å²) in [5.74, 6) is -0.763. The van der Waals surface area contributed by atoms with E-state index in [4.69, 9.17) is 21.1 Å². The Labute approximate surface area is 280 Å². The number of likely N-dealkylation sites (N-methyl/N-ethyl adjacent to an activating group) is 1. The number of hydrogen-bond acceptors (Lipinski definition) is 9. The Morgan fingerprint density at radius 3 is 2.36 bits per heavy atom. The molecule has 0 bridgehead atoms. The molecule has 47 heavy (non-hydrogen) atoms. The van der Waals surface area contributed by atoms with E-state index in [2.05, 4.69) is 4.90 Å². The largest absolute Gasteiger partial charge is 0.497 e. The Morgan fingerprint density at radius 1 is 1.02 bits per heavy atom. The van der Waals surface area contributed by atoms with Crippen LogP contribution in [0.4, 0.5) is 5.69 Å². The van der Waals surface area contributed by atoms with Gasteiger partial charge in [-0.05, 0) is 73.8 Å². The van der Waals surface area contributed by atoms with Gasteiger partial charge >= 0.3 is 0 Å². The minimum Gasteiger partial charge on any atom is -0.497 e. The summed E-state index contributed by atoms with van der Waals surface area (Å²) in [6.07, 6.45) is 1.41. The lowest BCUT2D eigenvalue weighted by Gasteiger charge is -2.41. The summed E-state index contributed by atoms with van der Waals surface area (Å²) >= 11 is 6.59. The number of anilines is 1. The van der Waals surface area contributed by atoms with E-state index in [9.17, 15) is 18.3 Å². The smallest absolute Gasteiger partial charge is 0.274 e. The molecule has 0 aliphatic carbocycles. The highest BCUT2D eigenvalue weighted by Gasteiger charge is 2.63. The Balaban J connectivity index is 1.58. The maximum Gasteiger partial charge on any atom is 0.274 e. The van der Waals surface area contributed by atoms with Crippen LogP contribution in [0.25, 0.3) is 0 Å². The highest BCUT2D eigenvalue weighted by Crippen LogP contribution is 2.53. The maximum atomic E-state index is 15.3. The lowest BCUT2D eigenvalue weighted by atomic mass is 9.81. The van der Waals surface area contributed by atoms with Gasteiger partial charge in [0.2, 0.25) is 5.91 Å². The van der Waals surface area contributed by atoms with Crippen molar-refractivity contribution in [2.24, 2.45) is 0 Å². The summed E-state index contributed by atoms with van der Waals surface area (Å²) in [4.78, 5) is 34.2. The first kappa shape index (κ1) is 33.2. The Morgan fingerprint density at radius 2 is 1.72 bits per heavy atom. The number of nitrogens with zero attached hydrogens (tertiary/aromatic N) is 4. The first-order valence-electron chi connectivity index (χ1n) is 15.5. The number of amides is 2. The van der Waals surface area contributed by atoms with E-state index >= 15 is 4.79 Å². The molecular formula is C34H39ClN4O7S. The second kappa shape index (κ2) is 12.7. The molecule has 0 radical (unpaired) electrons. The third-order valence-electron chi connectivity index (χ3n) is 9.36. The third-order valence-corrected chi connectivity index (χ3v) is 11.3. The van der Waals surface area contributed by atoms with Crippen molar-refractivity contribution in [2.45, 2.75) is 48.4 Å². The van der Waals surface area contributed by atoms with Gasteiger partial charge in [0.05, 0.1) is 32.1 Å². The number of aliphatic hydroxyl groups excluding tert-OH is 1. The van der Waals surface area contributed by atoms with Crippen LogP contribution in [-0.2, 0) is 31.7 Å². The van der Waals surface area contributed by atoms with Gasteiger partial charge in [0.15, 0.2) is 5.54 Å². The van der Waals surface area contributed by atoms with Crippen LogP contribution >= 0.6 is 11.6 Å². The highest BCUT2D eigenvalue weighted by atomic mass is 35.5. The first-order valence-corrected chi connectivity index (χ1v) is 17.3. The fraction of sp³-hybridized carbons (Fsp3) is 0.412. The maximum absolute atomic E-state index is 15.3. The van der Waals surface area contributed by atoms with Crippen molar-refractivity contribution >= 4 is 39.1 Å². The topological polar surface area (TPSA) is 120 Å². The van der Waals surface area contributed by atoms with Crippen molar-refractivity contribution in [3.8, 4) is 11.5 Å². The summed E-state index contributed by atoms with van der Waals surface area (Å²) < 4.78 is 40.8. The number of ether oxygens (including phenoxy) is 2. The minimum atomic E-state index is -4.61. The SMILES string of the molecule is COc1ccc(S(=O)(=O)N2C(=O)C(c3ccc(CN4CCCC4)cc3)(N3C[C@H](O)C[C@H]3C(=O)N(C)C)c3cc(Cl)ccc32)c(OC)c1. The van der Waals surface area contributed by atoms with Crippen LogP contribution in [0, 0.1) is 0 Å². The van der Waals surface area contributed by atoms with Gasteiger partial charge in [-0.3, -0.25) is 19.4 Å². The molecule has 0 saturated carbocycles. The molecule has 0 aromatic heterocycles. The van der Waals surface area contributed by atoms with Crippen LogP contribution < -0.4 is 13.8 Å². The van der Waals surface area contributed by atoms with E-state index in [0.29, 0.717) is 16.9 Å². The number of sulfonamides is 1. The molecule has 2 saturated heterocycles. The molecule has 250 valence electrons. The molecule has 11 nitrogen and oxygen atoms in total. The van der Waals surface area contributed by atoms with Crippen LogP contribution in [0.1, 0.15) is 36.0 Å². The van der Waals surface area contributed by atoms with Crippen molar-refractivity contribution < 1.29 is 32.6 Å². The highest BCUT2D eigenvalue weighted by molar-refractivity contribution is 7.93. The quantitative estimate of drug-likeness (QED) is 0.362. The van der Waals surface area contributed by atoms with Gasteiger partial charge in [-0.25, -0.2) is 12.7 Å². The molecule has 3 aliphatic heterocycles. The van der Waals surface area contributed by atoms with Gasteiger partial charge < -0.3 is 19.5 Å². The predicted molar refractivity (Wildman–Crippen MR) is 177 cm³/mol. The molecular weight excluding hydrogens is 644 g/mol. The molecule has 3 aliphatic rings. The molecule has 3 aromatic carbocycles. The molecule has 2 fully saturated rings. The van der Waals surface area contributed by atoms with E-state index in [-0.39, 0.29) is 40.2 Å². The minimum absolute atomic E-state index is 0.00585. The van der Waals surface area contributed by atoms with E-state index in [1.807, 2.05) is 24.3 Å². The van der Waals surface area contributed by atoms with Gasteiger partial charge in [0.25, 0.3) is 15.9 Å². The molecule has 3 heterocycles. The van der Waals surface area contributed by atoms with Crippen LogP contribution in [-0.4, -0.2) is 100 Å². The van der Waals surface area contributed by atoms with E-state index in [0.717, 1.165) is 42.3 Å². The Kier molecular flexibility index (Phi) is 9.00. The molecule has 2 amide bonds. The van der Waals surface area contributed by atoms with Gasteiger partial charge in [0.1, 0.15) is 16.4 Å². The number of aliphatic hydroxyl groups is 1. The first-order chi connectivity index (χ1) is 22.4. The molecule has 13 heteroatoms. The predicted octanol–water partition coefficient (Wildman–Crippen LogP) is 3.46. The number of likely N-dealkylation sites (tertiary alicyclic amines) is 2. The van der Waals surface area contributed by atoms with E-state index < -0.39 is 33.6 Å². The summed E-state index contributed by atoms with van der Waals surface area (Å²) in [6.45, 7) is 2.71. The van der Waals surface area contributed by atoms with Crippen molar-refractivity contribution in [1.82, 2.24) is 14.7 Å². The standard InChI is InChI=1S/C34H39ClN4O7S/c1-36(2)32(41)29-18-25(40)21-38(29)34(23-9-7-22(8-10-23)20-37-15-5-6-16-37)27-17-24(35)11-13-28(27)39(33(34)42)47(43,44)31-14-12-26(45-3)19-30(31)46-4/h7-14,17,19,25,29,40H,5-6,15-16,18,20-21H2,1-4H3/t25-,29+,34?/m1/s1. The van der Waals surface area contributed by atoms with Crippen molar-refractivity contribution in [3.63, 3.8) is 0 Å². The summed E-state index contributed by atoms with van der Waals surface area (Å²) in [6, 6.07) is 15.4. The third kappa shape index (κ3) is 5.55. The number of hydrogen-bond donors (Lipinski definition) is 1. The van der Waals surface area contributed by atoms with Gasteiger partial charge in [0, 0.05) is 43.8 Å². The Bertz CT molecular complexity index is 1800. The lowest BCUT2D eigenvalue weighted by molar-refractivity contribution is -0.138. The zero-order chi connectivity index (χ0) is 33.7. The van der Waals surface area contributed by atoms with Crippen molar-refractivity contribution in [1.29, 1.82) is 0 Å². The van der Waals surface area contributed by atoms with Gasteiger partial charge in [-0.2, -0.15) is 0 Å². The summed E-state index contributed by atoms with van der Waals surface area (Å²) in [5, 5.41) is 11.3. The number of carbonyl (C=O) groups excluding carboxylic acids is 2. The molecule has 0 spiro atoms. The van der Waals surface area contributed by atoms with Crippen LogP contribution in [0.3, 0.4) is 0 Å². The number of β-amino-alcohol motifs (C(OH)–C–C–N with tert-alkyl or cyclic N) is 1. The van der Waals surface area contributed by atoms with Crippen LogP contribution in [0.15, 0.2) is 65.6 Å². The van der Waals surface area contributed by atoms with Gasteiger partial charge in [-0.1, -0.05) is 35.9 Å². The molecule has 1 N–H and O–H groups in total. The number of fused-ring (bicyclic) bond motifs is 1. The zero-order valence-corrected chi connectivity index (χ0v) is 28.4. The molecule has 1 unspecified atom stereocenters. The number of halogens is 1. The summed E-state index contributed by atoms with van der Waals surface area (Å²) in [5.41, 5.74) is 0.0611. The Hall–Kier alpha value is -3.68. The second-order valence-corrected chi connectivity index (χ2v) is 14.6. The number of rotatable bonds is 9. The zero-order valence-electron chi connectivity index (χ0n) is 26.8. The van der Waals surface area contributed by atoms with Crippen LogP contribution in [0.2, 0.25) is 5.02 Å². The molecule has 3 atom stereocenters. The van der Waals surface area contributed by atoms with Crippen molar-refractivity contribution in [3.05, 3.63) is 82.4 Å². The monoisotopic (exact) mass is 682 g/mol. The van der Waals surface area contributed by atoms with Crippen molar-refractivity contribution in [2.75, 3.05) is 52.3 Å². The number of carbonyl (C=O) groups is 2. The van der Waals surface area contributed by atoms with Gasteiger partial charge in [-0.15, -0.1) is 0 Å². The molecule has 3 aromatic rings. The van der Waals surface area contributed by atoms with E-state index in [1.54, 1.807) is 25.1 Å². The fourth-order valence-corrected chi connectivity index (χ4v) is 8.93. The number of methoxy groups -OCH3 is 2. The average molecular weight is 683 g/mol. The normalized spacial score (nSPS) is 23.3. The second-order valence-electron chi connectivity index (χ2n) is 12.4. The summed E-state index contributed by atoms with van der Waals surface area (Å²) in [7, 11) is 1.40. The average Bonchev–Trinajstić information content (AvgIpc) is 3.77. The van der Waals surface area contributed by atoms with E-state index in [1.165, 1.54) is 49.5 Å². The molecule has 6 rings (SSSR count). The lowest BCUT2D eigenvalue weighted by Crippen LogP contribution is -2.59. The number of benzene rings is 3. The van der Waals surface area contributed by atoms with Crippen LogP contribution in [0.5, 0.6) is 11.5 Å².